The Balaban J connectivity index is 1.14. The third kappa shape index (κ3) is 5.48. The summed E-state index contributed by atoms with van der Waals surface area (Å²) in [6.07, 6.45) is 7.56. The Morgan fingerprint density at radius 3 is 2.37 bits per heavy atom. The molecule has 3 fully saturated rings. The number of hydrogen-bond donors (Lipinski definition) is 1. The minimum Gasteiger partial charge on any atom is -0.383 e. The number of piperidine rings is 1. The minimum absolute atomic E-state index is 0.125. The largest absolute Gasteiger partial charge is 0.383 e. The van der Waals surface area contributed by atoms with Crippen LogP contribution in [-0.4, -0.2) is 97.5 Å². The molecular weight excluding hydrogens is 516 g/mol. The third-order valence-corrected chi connectivity index (χ3v) is 9.71. The van der Waals surface area contributed by atoms with E-state index < -0.39 is 0 Å². The van der Waals surface area contributed by atoms with Crippen LogP contribution in [0.2, 0.25) is 0 Å². The molecule has 2 saturated heterocycles. The van der Waals surface area contributed by atoms with Crippen LogP contribution in [-0.2, 0) is 19.9 Å². The fourth-order valence-electron chi connectivity index (χ4n) is 6.96. The number of aromatic nitrogens is 2. The normalized spacial score (nSPS) is 23.9. The number of hydrogen-bond acceptors (Lipinski definition) is 7. The molecule has 220 valence electrons. The van der Waals surface area contributed by atoms with E-state index in [0.29, 0.717) is 6.04 Å². The predicted molar refractivity (Wildman–Crippen MR) is 161 cm³/mol. The summed E-state index contributed by atoms with van der Waals surface area (Å²) < 4.78 is 13.5. The van der Waals surface area contributed by atoms with Crippen molar-refractivity contribution in [1.82, 2.24) is 19.4 Å². The minimum atomic E-state index is -0.254. The molecule has 2 aliphatic heterocycles. The number of nitrogens with zero attached hydrogens (tertiary/aromatic N) is 5. The monoisotopic (exact) mass is 560 g/mol. The number of piperazine rings is 1. The van der Waals surface area contributed by atoms with Crippen molar-refractivity contribution >= 4 is 17.1 Å². The summed E-state index contributed by atoms with van der Waals surface area (Å²) in [5.74, 6) is 0.404. The Morgan fingerprint density at radius 2 is 1.73 bits per heavy atom. The fraction of sp³-hybridized carbons (Fsp3) is 0.562. The smallest absolute Gasteiger partial charge is 0.225 e. The van der Waals surface area contributed by atoms with Crippen LogP contribution in [0.1, 0.15) is 38.2 Å². The van der Waals surface area contributed by atoms with Crippen LogP contribution >= 0.6 is 0 Å². The summed E-state index contributed by atoms with van der Waals surface area (Å²) in [5, 5.41) is 4.60. The number of amides is 1. The molecule has 0 radical (unpaired) electrons. The Hall–Kier alpha value is -2.98. The van der Waals surface area contributed by atoms with E-state index in [0.717, 1.165) is 93.9 Å². The first-order chi connectivity index (χ1) is 19.9. The highest BCUT2D eigenvalue weighted by Gasteiger charge is 2.38. The number of benzene rings is 1. The van der Waals surface area contributed by atoms with Gasteiger partial charge in [-0.25, -0.2) is 4.52 Å². The summed E-state index contributed by atoms with van der Waals surface area (Å²) in [4.78, 5) is 19.7. The van der Waals surface area contributed by atoms with E-state index in [1.165, 1.54) is 5.56 Å². The van der Waals surface area contributed by atoms with E-state index in [2.05, 4.69) is 64.4 Å². The number of rotatable bonds is 8. The Morgan fingerprint density at radius 1 is 1.02 bits per heavy atom. The lowest BCUT2D eigenvalue weighted by Gasteiger charge is -2.43. The molecule has 1 aliphatic carbocycles. The van der Waals surface area contributed by atoms with Gasteiger partial charge in [-0.05, 0) is 55.9 Å². The average Bonchev–Trinajstić information content (AvgIpc) is 3.44. The van der Waals surface area contributed by atoms with Crippen LogP contribution in [0.15, 0.2) is 48.8 Å². The summed E-state index contributed by atoms with van der Waals surface area (Å²) in [6.45, 7) is 8.11. The van der Waals surface area contributed by atoms with Gasteiger partial charge in [0.1, 0.15) is 0 Å². The topological polar surface area (TPSA) is 88.6 Å². The molecule has 9 heteroatoms. The molecule has 9 nitrogen and oxygen atoms in total. The molecule has 4 heterocycles. The first-order valence-electron chi connectivity index (χ1n) is 15.1. The maximum absolute atomic E-state index is 12.8. The Labute approximate surface area is 243 Å². The number of fused-ring (bicyclic) bond motifs is 1. The van der Waals surface area contributed by atoms with Crippen molar-refractivity contribution in [2.45, 2.75) is 50.3 Å². The number of likely N-dealkylation sites (tertiary alicyclic amines) is 1. The van der Waals surface area contributed by atoms with Crippen molar-refractivity contribution in [3.8, 4) is 11.1 Å². The maximum Gasteiger partial charge on any atom is 0.225 e. The van der Waals surface area contributed by atoms with E-state index in [1.807, 2.05) is 22.7 Å². The van der Waals surface area contributed by atoms with Crippen LogP contribution in [0.25, 0.3) is 16.6 Å². The van der Waals surface area contributed by atoms with Crippen molar-refractivity contribution in [1.29, 1.82) is 0 Å². The molecule has 41 heavy (non-hydrogen) atoms. The zero-order chi connectivity index (χ0) is 28.6. The fourth-order valence-corrected chi connectivity index (χ4v) is 6.96. The molecule has 0 unspecified atom stereocenters. The van der Waals surface area contributed by atoms with Gasteiger partial charge in [-0.2, -0.15) is 5.10 Å². The lowest BCUT2D eigenvalue weighted by Crippen LogP contribution is -2.53. The molecule has 3 aromatic rings. The lowest BCUT2D eigenvalue weighted by atomic mass is 9.80. The van der Waals surface area contributed by atoms with Crippen LogP contribution in [0.4, 0.5) is 5.69 Å². The molecule has 2 N–H and O–H groups in total. The van der Waals surface area contributed by atoms with Gasteiger partial charge in [0.2, 0.25) is 5.91 Å². The van der Waals surface area contributed by atoms with Crippen molar-refractivity contribution in [3.63, 3.8) is 0 Å². The van der Waals surface area contributed by atoms with Gasteiger partial charge in [-0.3, -0.25) is 9.69 Å². The van der Waals surface area contributed by atoms with E-state index in [1.54, 1.807) is 7.11 Å². The van der Waals surface area contributed by atoms with E-state index in [-0.39, 0.29) is 23.5 Å². The van der Waals surface area contributed by atoms with Crippen LogP contribution in [0.5, 0.6) is 0 Å². The molecule has 3 aliphatic rings. The standard InChI is InChI=1S/C32H44N6O3/c1-23(22-40-2)35-12-9-32(41-3,10-13-35)27-6-4-24(5-7-27)26-20-30-29(8-11-34-38(30)21-26)36-14-16-37(17-15-36)31(39)25-18-28(33)19-25/h4-8,11,20-21,23,25,28H,9-10,12-19,22,33H2,1-3H3/t23-,25?,28?/m1/s1. The number of anilines is 1. The molecule has 0 bridgehead atoms. The molecule has 6 rings (SSSR count). The third-order valence-electron chi connectivity index (χ3n) is 9.71. The van der Waals surface area contributed by atoms with Gasteiger partial charge in [-0.1, -0.05) is 24.3 Å². The van der Waals surface area contributed by atoms with Crippen molar-refractivity contribution < 1.29 is 14.3 Å². The first kappa shape index (κ1) is 28.2. The average molecular weight is 561 g/mol. The molecule has 1 atom stereocenters. The number of carbonyl (C=O) groups is 1. The maximum atomic E-state index is 12.8. The highest BCUT2D eigenvalue weighted by atomic mass is 16.5. The number of nitrogens with two attached hydrogens (primary N) is 1. The van der Waals surface area contributed by atoms with Crippen molar-refractivity contribution in [2.75, 3.05) is 65.0 Å². The van der Waals surface area contributed by atoms with Crippen LogP contribution in [0, 0.1) is 5.92 Å². The molecule has 2 aromatic heterocycles. The number of carbonyl (C=O) groups excluding carboxylic acids is 1. The summed E-state index contributed by atoms with van der Waals surface area (Å²) in [5.41, 5.74) is 11.4. The van der Waals surface area contributed by atoms with Gasteiger partial charge < -0.3 is 25.0 Å². The number of methoxy groups -OCH3 is 2. The zero-order valence-electron chi connectivity index (χ0n) is 24.7. The summed E-state index contributed by atoms with van der Waals surface area (Å²) in [7, 11) is 3.61. The number of ether oxygens (including phenoxy) is 2. The molecule has 1 aromatic carbocycles. The van der Waals surface area contributed by atoms with E-state index in [4.69, 9.17) is 15.2 Å². The quantitative estimate of drug-likeness (QED) is 0.452. The second-order valence-corrected chi connectivity index (χ2v) is 12.1. The highest BCUT2D eigenvalue weighted by molar-refractivity contribution is 5.82. The highest BCUT2D eigenvalue weighted by Crippen LogP contribution is 2.38. The van der Waals surface area contributed by atoms with Crippen molar-refractivity contribution in [3.05, 3.63) is 54.4 Å². The SMILES string of the molecule is COC[C@@H](C)N1CCC(OC)(c2ccc(-c3cc4c(N5CCN(C(=O)C6CC(N)C6)CC5)ccnn4c3)cc2)CC1. The van der Waals surface area contributed by atoms with Gasteiger partial charge in [0.05, 0.1) is 23.4 Å². The second kappa shape index (κ2) is 11.7. The second-order valence-electron chi connectivity index (χ2n) is 12.1. The van der Waals surface area contributed by atoms with Gasteiger partial charge in [0.15, 0.2) is 0 Å². The molecule has 1 saturated carbocycles. The van der Waals surface area contributed by atoms with Crippen LogP contribution < -0.4 is 10.6 Å². The van der Waals surface area contributed by atoms with Gasteiger partial charge in [0.25, 0.3) is 0 Å². The van der Waals surface area contributed by atoms with Gasteiger partial charge >= 0.3 is 0 Å². The van der Waals surface area contributed by atoms with E-state index in [9.17, 15) is 4.79 Å². The molecule has 0 spiro atoms. The Bertz CT molecular complexity index is 1340. The lowest BCUT2D eigenvalue weighted by molar-refractivity contribution is -0.139. The molecular formula is C32H44N6O3. The summed E-state index contributed by atoms with van der Waals surface area (Å²) in [6, 6.07) is 13.8. The van der Waals surface area contributed by atoms with Gasteiger partial charge in [-0.15, -0.1) is 0 Å². The van der Waals surface area contributed by atoms with E-state index >= 15 is 0 Å². The predicted octanol–water partition coefficient (Wildman–Crippen LogP) is 3.36. The first-order valence-corrected chi connectivity index (χ1v) is 15.1. The zero-order valence-corrected chi connectivity index (χ0v) is 24.7. The summed E-state index contributed by atoms with van der Waals surface area (Å²) >= 11 is 0. The molecule has 1 amide bonds. The Kier molecular flexibility index (Phi) is 8.05. The van der Waals surface area contributed by atoms with Crippen LogP contribution in [0.3, 0.4) is 0 Å². The van der Waals surface area contributed by atoms with Crippen molar-refractivity contribution in [2.24, 2.45) is 11.7 Å². The van der Waals surface area contributed by atoms with Gasteiger partial charge in [0, 0.05) is 89.4 Å².